The van der Waals surface area contributed by atoms with Crippen LogP contribution in [0.5, 0.6) is 0 Å². The molecule has 0 aliphatic heterocycles. The van der Waals surface area contributed by atoms with Gasteiger partial charge in [0.1, 0.15) is 5.82 Å². The first-order valence-electron chi connectivity index (χ1n) is 7.09. The van der Waals surface area contributed by atoms with Crippen LogP contribution in [0.25, 0.3) is 11.0 Å². The van der Waals surface area contributed by atoms with Gasteiger partial charge in [0.25, 0.3) is 0 Å². The Balaban J connectivity index is 1.98. The third-order valence-electron chi connectivity index (χ3n) is 3.88. The van der Waals surface area contributed by atoms with E-state index in [-0.39, 0.29) is 6.04 Å². The molecule has 0 amide bonds. The average Bonchev–Trinajstić information content (AvgIpc) is 3.16. The summed E-state index contributed by atoms with van der Waals surface area (Å²) in [4.78, 5) is 4.80. The summed E-state index contributed by atoms with van der Waals surface area (Å²) in [7, 11) is 0. The van der Waals surface area contributed by atoms with Gasteiger partial charge in [0.2, 0.25) is 0 Å². The highest BCUT2D eigenvalue weighted by Gasteiger charge is 2.29. The lowest BCUT2D eigenvalue weighted by molar-refractivity contribution is 0.549. The van der Waals surface area contributed by atoms with Gasteiger partial charge in [0.15, 0.2) is 0 Å². The topological polar surface area (TPSA) is 43.8 Å². The second kappa shape index (κ2) is 5.25. The number of nitrogens with two attached hydrogens (primary N) is 1. The number of imidazole rings is 1. The van der Waals surface area contributed by atoms with Crippen LogP contribution < -0.4 is 5.73 Å². The Hall–Kier alpha value is -0.870. The molecule has 1 aliphatic rings. The summed E-state index contributed by atoms with van der Waals surface area (Å²) in [6.45, 7) is 3.22. The minimum absolute atomic E-state index is 0.274. The van der Waals surface area contributed by atoms with Gasteiger partial charge in [-0.2, -0.15) is 0 Å². The van der Waals surface area contributed by atoms with Gasteiger partial charge < -0.3 is 10.3 Å². The average molecular weight is 322 g/mol. The first-order valence-corrected chi connectivity index (χ1v) is 7.88. The highest BCUT2D eigenvalue weighted by atomic mass is 79.9. The molecule has 4 heteroatoms. The van der Waals surface area contributed by atoms with Gasteiger partial charge in [0.05, 0.1) is 11.0 Å². The van der Waals surface area contributed by atoms with E-state index in [0.29, 0.717) is 0 Å². The standard InChI is InChI=1S/C15H20BrN3/c1-2-7-19-14-6-5-11(16)8-13(14)18-15(19)9-12(17)10-3-4-10/h5-6,8,10,12H,2-4,7,9,17H2,1H3. The Morgan fingerprint density at radius 3 is 2.95 bits per heavy atom. The molecule has 1 aliphatic carbocycles. The summed E-state index contributed by atoms with van der Waals surface area (Å²) in [5.41, 5.74) is 8.56. The fourth-order valence-electron chi connectivity index (χ4n) is 2.68. The molecule has 1 aromatic heterocycles. The zero-order valence-electron chi connectivity index (χ0n) is 11.3. The van der Waals surface area contributed by atoms with Crippen molar-refractivity contribution >= 4 is 27.0 Å². The summed E-state index contributed by atoms with van der Waals surface area (Å²) in [5.74, 6) is 1.87. The Labute approximate surface area is 122 Å². The number of benzene rings is 1. The third-order valence-corrected chi connectivity index (χ3v) is 4.38. The number of nitrogens with zero attached hydrogens (tertiary/aromatic N) is 2. The molecular weight excluding hydrogens is 302 g/mol. The van der Waals surface area contributed by atoms with E-state index in [4.69, 9.17) is 10.7 Å². The summed E-state index contributed by atoms with van der Waals surface area (Å²) in [5, 5.41) is 0. The monoisotopic (exact) mass is 321 g/mol. The molecule has 0 radical (unpaired) electrons. The molecule has 1 unspecified atom stereocenters. The predicted octanol–water partition coefficient (Wildman–Crippen LogP) is 3.49. The number of fused-ring (bicyclic) bond motifs is 1. The molecule has 1 heterocycles. The van der Waals surface area contributed by atoms with Crippen LogP contribution in [-0.4, -0.2) is 15.6 Å². The molecule has 102 valence electrons. The van der Waals surface area contributed by atoms with Gasteiger partial charge in [-0.05, 0) is 43.4 Å². The van der Waals surface area contributed by atoms with Crippen LogP contribution in [0.2, 0.25) is 0 Å². The van der Waals surface area contributed by atoms with E-state index in [1.165, 1.54) is 18.4 Å². The van der Waals surface area contributed by atoms with Gasteiger partial charge in [0, 0.05) is 23.5 Å². The van der Waals surface area contributed by atoms with Crippen LogP contribution >= 0.6 is 15.9 Å². The van der Waals surface area contributed by atoms with Gasteiger partial charge in [-0.3, -0.25) is 0 Å². The number of rotatable bonds is 5. The van der Waals surface area contributed by atoms with Crippen molar-refractivity contribution < 1.29 is 0 Å². The van der Waals surface area contributed by atoms with Crippen LogP contribution in [-0.2, 0) is 13.0 Å². The van der Waals surface area contributed by atoms with Crippen molar-refractivity contribution in [1.29, 1.82) is 0 Å². The minimum Gasteiger partial charge on any atom is -0.328 e. The van der Waals surface area contributed by atoms with Crippen molar-refractivity contribution in [3.05, 3.63) is 28.5 Å². The first-order chi connectivity index (χ1) is 9.19. The zero-order chi connectivity index (χ0) is 13.4. The smallest absolute Gasteiger partial charge is 0.111 e. The quantitative estimate of drug-likeness (QED) is 0.916. The fourth-order valence-corrected chi connectivity index (χ4v) is 3.03. The molecule has 0 spiro atoms. The number of halogens is 1. The van der Waals surface area contributed by atoms with E-state index in [0.717, 1.165) is 41.1 Å². The number of hydrogen-bond donors (Lipinski definition) is 1. The van der Waals surface area contributed by atoms with Crippen LogP contribution in [0, 0.1) is 5.92 Å². The lowest BCUT2D eigenvalue weighted by Gasteiger charge is -2.12. The Morgan fingerprint density at radius 1 is 1.47 bits per heavy atom. The molecule has 1 saturated carbocycles. The van der Waals surface area contributed by atoms with E-state index >= 15 is 0 Å². The van der Waals surface area contributed by atoms with Crippen LogP contribution in [0.15, 0.2) is 22.7 Å². The highest BCUT2D eigenvalue weighted by molar-refractivity contribution is 9.10. The maximum Gasteiger partial charge on any atom is 0.111 e. The molecule has 0 saturated heterocycles. The molecule has 1 aromatic carbocycles. The van der Waals surface area contributed by atoms with Gasteiger partial charge >= 0.3 is 0 Å². The number of hydrogen-bond acceptors (Lipinski definition) is 2. The molecule has 2 N–H and O–H groups in total. The fraction of sp³-hybridized carbons (Fsp3) is 0.533. The van der Waals surface area contributed by atoms with Gasteiger partial charge in [-0.25, -0.2) is 4.98 Å². The van der Waals surface area contributed by atoms with E-state index < -0.39 is 0 Å². The second-order valence-electron chi connectivity index (χ2n) is 5.52. The molecule has 3 rings (SSSR count). The maximum absolute atomic E-state index is 6.27. The van der Waals surface area contributed by atoms with Crippen molar-refractivity contribution in [2.45, 2.75) is 45.2 Å². The number of aryl methyl sites for hydroxylation is 1. The highest BCUT2D eigenvalue weighted by Crippen LogP contribution is 2.33. The summed E-state index contributed by atoms with van der Waals surface area (Å²) >= 11 is 3.52. The Kier molecular flexibility index (Phi) is 3.63. The summed E-state index contributed by atoms with van der Waals surface area (Å²) in [6.07, 6.45) is 4.60. The van der Waals surface area contributed by atoms with E-state index in [2.05, 4.69) is 45.6 Å². The van der Waals surface area contributed by atoms with Gasteiger partial charge in [-0.1, -0.05) is 22.9 Å². The minimum atomic E-state index is 0.274. The lowest BCUT2D eigenvalue weighted by Crippen LogP contribution is -2.26. The summed E-state index contributed by atoms with van der Waals surface area (Å²) in [6, 6.07) is 6.60. The molecule has 3 nitrogen and oxygen atoms in total. The van der Waals surface area contributed by atoms with Crippen molar-refractivity contribution in [1.82, 2.24) is 9.55 Å². The summed E-state index contributed by atoms with van der Waals surface area (Å²) < 4.78 is 3.42. The molecule has 1 atom stereocenters. The Morgan fingerprint density at radius 2 is 2.26 bits per heavy atom. The molecular formula is C15H20BrN3. The SMILES string of the molecule is CCCn1c(CC(N)C2CC2)nc2cc(Br)ccc21. The van der Waals surface area contributed by atoms with Crippen LogP contribution in [0.3, 0.4) is 0 Å². The maximum atomic E-state index is 6.27. The largest absolute Gasteiger partial charge is 0.328 e. The zero-order valence-corrected chi connectivity index (χ0v) is 12.9. The van der Waals surface area contributed by atoms with Crippen LogP contribution in [0.1, 0.15) is 32.0 Å². The van der Waals surface area contributed by atoms with E-state index in [1.807, 2.05) is 0 Å². The van der Waals surface area contributed by atoms with Crippen molar-refractivity contribution in [3.8, 4) is 0 Å². The third kappa shape index (κ3) is 2.70. The number of aromatic nitrogens is 2. The molecule has 0 bridgehead atoms. The Bertz CT molecular complexity index is 586. The second-order valence-corrected chi connectivity index (χ2v) is 6.43. The first kappa shape index (κ1) is 13.1. The van der Waals surface area contributed by atoms with E-state index in [9.17, 15) is 0 Å². The van der Waals surface area contributed by atoms with Crippen LogP contribution in [0.4, 0.5) is 0 Å². The normalized spacial score (nSPS) is 17.0. The van der Waals surface area contributed by atoms with Crippen molar-refractivity contribution in [2.24, 2.45) is 11.7 Å². The molecule has 2 aromatic rings. The van der Waals surface area contributed by atoms with Crippen molar-refractivity contribution in [2.75, 3.05) is 0 Å². The predicted molar refractivity (Wildman–Crippen MR) is 82.1 cm³/mol. The molecule has 1 fully saturated rings. The van der Waals surface area contributed by atoms with Gasteiger partial charge in [-0.15, -0.1) is 0 Å². The molecule has 19 heavy (non-hydrogen) atoms. The van der Waals surface area contributed by atoms with E-state index in [1.54, 1.807) is 0 Å². The van der Waals surface area contributed by atoms with Crippen molar-refractivity contribution in [3.63, 3.8) is 0 Å². The lowest BCUT2D eigenvalue weighted by atomic mass is 10.1.